The molecule has 0 amide bonds. The predicted molar refractivity (Wildman–Crippen MR) is 597 cm³/mol. The van der Waals surface area contributed by atoms with E-state index in [1.807, 2.05) is 127 Å². The van der Waals surface area contributed by atoms with Crippen LogP contribution in [0.25, 0.3) is 0 Å². The number of nitrogens with zero attached hydrogens (tertiary/aromatic N) is 8. The molecule has 140 heavy (non-hydrogen) atoms. The van der Waals surface area contributed by atoms with E-state index in [0.29, 0.717) is 0 Å². The van der Waals surface area contributed by atoms with Crippen molar-refractivity contribution in [2.24, 2.45) is 0 Å². The summed E-state index contributed by atoms with van der Waals surface area (Å²) >= 11 is 3.51. The highest BCUT2D eigenvalue weighted by atomic mass is 79.9. The maximum atomic E-state index is 10.7. The molecule has 1 aromatic heterocycles. The number of non-ortho nitro benzene ring substituents is 1. The molecule has 0 spiro atoms. The molecule has 760 valence electrons. The molecular weight excluding hydrogens is 1800 g/mol. The minimum Gasteiger partial charge on any atom is -0.497 e. The van der Waals surface area contributed by atoms with Crippen LogP contribution in [0.3, 0.4) is 0 Å². The topological polar surface area (TPSA) is 134 Å². The van der Waals surface area contributed by atoms with Gasteiger partial charge in [-0.3, -0.25) is 29.7 Å². The Morgan fingerprint density at radius 1 is 0.300 bits per heavy atom. The second-order valence-corrected chi connectivity index (χ2v) is 36.4. The first-order valence-electron chi connectivity index (χ1n) is 51.2. The number of hydrogen-bond donors (Lipinski definition) is 0. The molecule has 17 nitrogen and oxygen atoms in total. The average Bonchev–Trinajstić information content (AvgIpc) is 0.858. The van der Waals surface area contributed by atoms with E-state index in [2.05, 4.69) is 266 Å². The number of anilines is 3. The number of aryl methyl sites for hydroxylation is 2. The Morgan fingerprint density at radius 3 is 0.886 bits per heavy atom. The maximum Gasteiger partial charge on any atom is 0.269 e. The van der Waals surface area contributed by atoms with Crippen LogP contribution >= 0.6 is 15.9 Å². The van der Waals surface area contributed by atoms with Crippen molar-refractivity contribution in [1.29, 1.82) is 0 Å². The summed E-state index contributed by atoms with van der Waals surface area (Å²) in [5.41, 5.74) is 15.5. The standard InChI is InChI=1S/C21H29NO2.C20H27NO.C18H22N2O3.C18H25NO2.C16H25NO.C15H23N.C14H20BrN/c1-4-5-6-7-16-22(19-10-14-21(24-3)15-11-19)17-18-8-12-20(23-2)13-9-18;1-4-5-6-15-21(16-18-9-7-17(2)8-10-18)19-11-13-20(22-3)14-12-19;1-3-4-13-19(16-9-11-18(23-2)12-10-16)14-15-5-7-17(8-6-15)20(21)22;1-3-4-5-12-19(15-18-7-6-13-21-18)14-16-8-10-17(20-2)11-9-16;1-4-6-7-13-17(12-5-2)14-15-8-10-16(18-3)11-9-15;1-4-6-12-16(11-5-2)13-15-9-7-14(3)8-10-15;1-3-5-10-16(9-4-2)12-13-7-6-8-14(15)11-13/h8-15H,4-7,16-17H2,1-3H3;7-14H,4-6,15-16H2,1-3H3;5-12H,3-4,13-14H2,1-2H3;6-11,13H,3-5,12,14-15H2,1-2H3;5,8-11H,2,4,6-7,12-14H2,1,3H3;5,7-10H,2,4,6,11-13H2,1,3H3;4,6-8,11H,2-3,5,9-10,12H2,1H3. The van der Waals surface area contributed by atoms with Gasteiger partial charge in [-0.25, -0.2) is 0 Å². The van der Waals surface area contributed by atoms with Crippen molar-refractivity contribution in [3.63, 3.8) is 0 Å². The van der Waals surface area contributed by atoms with E-state index in [1.165, 1.54) is 165 Å². The SMILES string of the molecule is C=CCN(CCCC)Cc1ccc(C)cc1.C=CCN(CCCC)Cc1cccc(Br)c1.C=CCN(CCCCC)Cc1ccc(OC)cc1.CCCCCCN(Cc1ccc(OC)cc1)c1ccc(OC)cc1.CCCCCN(Cc1ccc(C)cc1)c1ccc(OC)cc1.CCCCCN(Cc1ccc(OC)cc1)Cc1ccco1.CCCCN(Cc1ccc([N+](=O)[O-])cc1)c1ccc(OC)cc1. The molecule has 11 aromatic rings. The zero-order valence-corrected chi connectivity index (χ0v) is 89.6. The summed E-state index contributed by atoms with van der Waals surface area (Å²) in [4.78, 5) is 27.3. The molecule has 10 aromatic carbocycles. The highest BCUT2D eigenvalue weighted by Crippen LogP contribution is 2.29. The second kappa shape index (κ2) is 74.6. The highest BCUT2D eigenvalue weighted by Gasteiger charge is 2.16. The van der Waals surface area contributed by atoms with Gasteiger partial charge in [0, 0.05) is 119 Å². The molecule has 0 N–H and O–H groups in total. The molecular formula is C122H171BrN8O9. The van der Waals surface area contributed by atoms with Gasteiger partial charge in [-0.1, -0.05) is 280 Å². The highest BCUT2D eigenvalue weighted by molar-refractivity contribution is 9.10. The Morgan fingerprint density at radius 2 is 0.571 bits per heavy atom. The van der Waals surface area contributed by atoms with Crippen molar-refractivity contribution in [3.05, 3.63) is 369 Å². The van der Waals surface area contributed by atoms with Crippen molar-refractivity contribution in [3.8, 4) is 34.5 Å². The zero-order valence-electron chi connectivity index (χ0n) is 88.0. The van der Waals surface area contributed by atoms with E-state index in [0.717, 1.165) is 187 Å². The summed E-state index contributed by atoms with van der Waals surface area (Å²) < 4.78 is 38.0. The molecule has 0 atom stereocenters. The van der Waals surface area contributed by atoms with E-state index in [4.69, 9.17) is 32.8 Å². The van der Waals surface area contributed by atoms with Gasteiger partial charge in [0.25, 0.3) is 5.69 Å². The third-order valence-corrected chi connectivity index (χ3v) is 24.3. The third-order valence-electron chi connectivity index (χ3n) is 23.8. The minimum atomic E-state index is -0.373. The number of nitro benzene ring substituents is 1. The van der Waals surface area contributed by atoms with E-state index in [-0.39, 0.29) is 10.6 Å². The van der Waals surface area contributed by atoms with E-state index < -0.39 is 0 Å². The lowest BCUT2D eigenvalue weighted by Crippen LogP contribution is -2.24. The van der Waals surface area contributed by atoms with E-state index in [9.17, 15) is 10.1 Å². The van der Waals surface area contributed by atoms with Gasteiger partial charge in [-0.2, -0.15) is 0 Å². The molecule has 0 saturated carbocycles. The summed E-state index contributed by atoms with van der Waals surface area (Å²) in [5.74, 6) is 6.39. The van der Waals surface area contributed by atoms with Gasteiger partial charge in [-0.05, 0) is 257 Å². The number of halogens is 1. The lowest BCUT2D eigenvalue weighted by molar-refractivity contribution is -0.384. The first-order chi connectivity index (χ1) is 68.2. The van der Waals surface area contributed by atoms with Gasteiger partial charge in [-0.15, -0.1) is 19.7 Å². The maximum absolute atomic E-state index is 10.7. The van der Waals surface area contributed by atoms with Crippen molar-refractivity contribution >= 4 is 38.7 Å². The number of unbranched alkanes of at least 4 members (excludes halogenated alkanes) is 12. The van der Waals surface area contributed by atoms with Crippen molar-refractivity contribution in [1.82, 2.24) is 19.6 Å². The summed E-state index contributed by atoms with van der Waals surface area (Å²) in [7, 11) is 10.2. The fourth-order valence-corrected chi connectivity index (χ4v) is 16.0. The Bertz CT molecular complexity index is 4930. The normalized spacial score (nSPS) is 10.6. The zero-order chi connectivity index (χ0) is 101. The number of methoxy groups -OCH3 is 6. The van der Waals surface area contributed by atoms with Crippen LogP contribution in [0, 0.1) is 24.0 Å². The van der Waals surface area contributed by atoms with Crippen LogP contribution in [0.1, 0.15) is 226 Å². The molecule has 0 aliphatic carbocycles. The predicted octanol–water partition coefficient (Wildman–Crippen LogP) is 31.3. The summed E-state index contributed by atoms with van der Waals surface area (Å²) in [6, 6.07) is 86.5. The molecule has 0 radical (unpaired) electrons. The molecule has 0 aliphatic heterocycles. The van der Waals surface area contributed by atoms with Crippen LogP contribution < -0.4 is 43.1 Å². The van der Waals surface area contributed by atoms with Crippen molar-refractivity contribution in [2.75, 3.05) is 123 Å². The van der Waals surface area contributed by atoms with Gasteiger partial charge in [0.05, 0.1) is 60.4 Å². The van der Waals surface area contributed by atoms with Crippen LogP contribution in [0.15, 0.2) is 308 Å². The first kappa shape index (κ1) is 119. The van der Waals surface area contributed by atoms with E-state index >= 15 is 0 Å². The summed E-state index contributed by atoms with van der Waals surface area (Å²) in [6.45, 7) is 49.3. The Kier molecular flexibility index (Phi) is 63.5. The average molecular weight is 1970 g/mol. The third kappa shape index (κ3) is 51.2. The van der Waals surface area contributed by atoms with Crippen molar-refractivity contribution < 1.29 is 37.8 Å². The molecule has 0 fully saturated rings. The van der Waals surface area contributed by atoms with Crippen LogP contribution in [-0.4, -0.2) is 133 Å². The van der Waals surface area contributed by atoms with Crippen molar-refractivity contribution in [2.45, 2.75) is 237 Å². The fourth-order valence-electron chi connectivity index (χ4n) is 15.6. The summed E-state index contributed by atoms with van der Waals surface area (Å²) in [5, 5.41) is 10.7. The largest absolute Gasteiger partial charge is 0.497 e. The second-order valence-electron chi connectivity index (χ2n) is 35.5. The fraction of sp³-hybridized carbons (Fsp3) is 0.426. The minimum absolute atomic E-state index is 0.123. The van der Waals surface area contributed by atoms with Gasteiger partial charge >= 0.3 is 0 Å². The first-order valence-corrected chi connectivity index (χ1v) is 51.9. The smallest absolute Gasteiger partial charge is 0.269 e. The van der Waals surface area contributed by atoms with Gasteiger partial charge < -0.3 is 47.5 Å². The van der Waals surface area contributed by atoms with Crippen LogP contribution in [0.4, 0.5) is 22.7 Å². The van der Waals surface area contributed by atoms with E-state index in [1.54, 1.807) is 61.1 Å². The molecule has 0 saturated heterocycles. The number of ether oxygens (including phenoxy) is 6. The van der Waals surface area contributed by atoms with Crippen LogP contribution in [-0.2, 0) is 52.4 Å². The van der Waals surface area contributed by atoms with Crippen LogP contribution in [0.2, 0.25) is 0 Å². The number of rotatable bonds is 58. The Hall–Kier alpha value is -11.4. The molecule has 1 heterocycles. The van der Waals surface area contributed by atoms with Crippen LogP contribution in [0.5, 0.6) is 34.5 Å². The molecule has 0 unspecified atom stereocenters. The Labute approximate surface area is 853 Å². The Balaban J connectivity index is 0.000000289. The number of benzene rings is 10. The number of nitro groups is 1. The lowest BCUT2D eigenvalue weighted by atomic mass is 10.1. The van der Waals surface area contributed by atoms with Gasteiger partial charge in [0.1, 0.15) is 40.3 Å². The molecule has 18 heteroatoms. The summed E-state index contributed by atoms with van der Waals surface area (Å²) in [6.07, 6.45) is 31.3. The van der Waals surface area contributed by atoms with Gasteiger partial charge in [0.15, 0.2) is 0 Å². The van der Waals surface area contributed by atoms with Gasteiger partial charge in [0.2, 0.25) is 0 Å². The molecule has 11 rings (SSSR count). The number of hydrogen-bond acceptors (Lipinski definition) is 16. The quantitative estimate of drug-likeness (QED) is 0.0155. The number of furan rings is 1. The lowest BCUT2D eigenvalue weighted by Gasteiger charge is -2.25. The molecule has 0 bridgehead atoms. The monoisotopic (exact) mass is 1970 g/mol. The molecule has 0 aliphatic rings.